The number of nitrogens with zero attached hydrogens (tertiary/aromatic N) is 3. The third kappa shape index (κ3) is 4.56. The van der Waals surface area contributed by atoms with E-state index in [9.17, 15) is 9.59 Å². The van der Waals surface area contributed by atoms with Crippen molar-refractivity contribution in [1.29, 1.82) is 0 Å². The van der Waals surface area contributed by atoms with Gasteiger partial charge in [0.05, 0.1) is 12.6 Å². The van der Waals surface area contributed by atoms with E-state index in [1.165, 1.54) is 0 Å². The molecule has 0 aromatic heterocycles. The van der Waals surface area contributed by atoms with Gasteiger partial charge in [0.1, 0.15) is 0 Å². The van der Waals surface area contributed by atoms with Crippen molar-refractivity contribution >= 4 is 24.2 Å². The van der Waals surface area contributed by atoms with Gasteiger partial charge in [-0.1, -0.05) is 0 Å². The minimum atomic E-state index is -0.0605. The molecule has 2 aliphatic rings. The smallest absolute Gasteiger partial charge is 0.239 e. The fourth-order valence-corrected chi connectivity index (χ4v) is 2.98. The van der Waals surface area contributed by atoms with Gasteiger partial charge in [-0.2, -0.15) is 0 Å². The molecule has 2 heterocycles. The highest BCUT2D eigenvalue weighted by molar-refractivity contribution is 5.85. The zero-order chi connectivity index (χ0) is 14.5. The minimum Gasteiger partial charge on any atom is -0.341 e. The molecule has 2 amide bonds. The first-order chi connectivity index (χ1) is 9.63. The second-order valence-electron chi connectivity index (χ2n) is 5.66. The van der Waals surface area contributed by atoms with Crippen molar-refractivity contribution in [2.45, 2.75) is 25.8 Å². The molecule has 2 aliphatic heterocycles. The van der Waals surface area contributed by atoms with E-state index in [1.807, 2.05) is 16.7 Å². The van der Waals surface area contributed by atoms with Crippen LogP contribution in [0.5, 0.6) is 0 Å². The highest BCUT2D eigenvalue weighted by Crippen LogP contribution is 2.13. The molecule has 1 atom stereocenters. The third-order valence-electron chi connectivity index (χ3n) is 4.32. The summed E-state index contributed by atoms with van der Waals surface area (Å²) in [7, 11) is 1.78. The van der Waals surface area contributed by atoms with E-state index in [0.29, 0.717) is 6.54 Å². The Kier molecular flexibility index (Phi) is 7.42. The van der Waals surface area contributed by atoms with Crippen LogP contribution in [0, 0.1) is 0 Å². The normalized spacial score (nSPS) is 21.0. The highest BCUT2D eigenvalue weighted by atomic mass is 35.5. The van der Waals surface area contributed by atoms with Crippen molar-refractivity contribution in [1.82, 2.24) is 20.0 Å². The van der Waals surface area contributed by atoms with Crippen LogP contribution in [0.3, 0.4) is 0 Å². The van der Waals surface area contributed by atoms with E-state index in [0.717, 1.165) is 52.1 Å². The van der Waals surface area contributed by atoms with Crippen molar-refractivity contribution in [2.24, 2.45) is 0 Å². The van der Waals surface area contributed by atoms with Crippen LogP contribution in [-0.2, 0) is 9.59 Å². The third-order valence-corrected chi connectivity index (χ3v) is 4.32. The first kappa shape index (κ1) is 18.2. The van der Waals surface area contributed by atoms with Crippen LogP contribution in [0.4, 0.5) is 0 Å². The molecule has 7 heteroatoms. The van der Waals surface area contributed by atoms with Gasteiger partial charge >= 0.3 is 0 Å². The second-order valence-corrected chi connectivity index (χ2v) is 5.66. The van der Waals surface area contributed by atoms with E-state index in [1.54, 1.807) is 7.05 Å². The average Bonchev–Trinajstić information content (AvgIpc) is 3.00. The predicted octanol–water partition coefficient (Wildman–Crippen LogP) is -0.217. The Morgan fingerprint density at radius 2 is 1.57 bits per heavy atom. The maximum atomic E-state index is 12.4. The molecule has 0 saturated carbocycles. The van der Waals surface area contributed by atoms with Crippen molar-refractivity contribution in [3.8, 4) is 0 Å². The van der Waals surface area contributed by atoms with Gasteiger partial charge in [-0.05, 0) is 26.8 Å². The number of piperazine rings is 1. The van der Waals surface area contributed by atoms with Gasteiger partial charge in [0.25, 0.3) is 0 Å². The molecule has 2 saturated heterocycles. The molecule has 1 N–H and O–H groups in total. The van der Waals surface area contributed by atoms with Crippen LogP contribution in [0.2, 0.25) is 0 Å². The number of rotatable bonds is 4. The maximum absolute atomic E-state index is 12.4. The van der Waals surface area contributed by atoms with Crippen molar-refractivity contribution in [3.63, 3.8) is 0 Å². The maximum Gasteiger partial charge on any atom is 0.239 e. The summed E-state index contributed by atoms with van der Waals surface area (Å²) in [4.78, 5) is 30.2. The van der Waals surface area contributed by atoms with Gasteiger partial charge in [-0.3, -0.25) is 14.5 Å². The molecular weight excluding hydrogens is 292 g/mol. The zero-order valence-electron chi connectivity index (χ0n) is 13.0. The molecule has 0 aromatic rings. The lowest BCUT2D eigenvalue weighted by Crippen LogP contribution is -2.56. The molecule has 21 heavy (non-hydrogen) atoms. The highest BCUT2D eigenvalue weighted by Gasteiger charge is 2.30. The first-order valence-electron chi connectivity index (χ1n) is 7.58. The summed E-state index contributed by atoms with van der Waals surface area (Å²) in [6.07, 6.45) is 2.26. The van der Waals surface area contributed by atoms with Gasteiger partial charge < -0.3 is 15.1 Å². The Labute approximate surface area is 133 Å². The van der Waals surface area contributed by atoms with E-state index in [2.05, 4.69) is 10.2 Å². The molecule has 6 nitrogen and oxygen atoms in total. The van der Waals surface area contributed by atoms with Gasteiger partial charge in [-0.15, -0.1) is 12.4 Å². The molecule has 122 valence electrons. The summed E-state index contributed by atoms with van der Waals surface area (Å²) in [5, 5.41) is 2.89. The summed E-state index contributed by atoms with van der Waals surface area (Å²) < 4.78 is 0. The molecule has 0 spiro atoms. The van der Waals surface area contributed by atoms with Crippen molar-refractivity contribution in [2.75, 3.05) is 52.9 Å². The molecule has 2 rings (SSSR count). The van der Waals surface area contributed by atoms with Crippen molar-refractivity contribution in [3.05, 3.63) is 0 Å². The summed E-state index contributed by atoms with van der Waals surface area (Å²) >= 11 is 0. The number of amides is 2. The fourth-order valence-electron chi connectivity index (χ4n) is 2.98. The lowest BCUT2D eigenvalue weighted by Gasteiger charge is -2.38. The summed E-state index contributed by atoms with van der Waals surface area (Å²) in [6, 6.07) is -0.0605. The predicted molar refractivity (Wildman–Crippen MR) is 84.6 cm³/mol. The second kappa shape index (κ2) is 8.56. The average molecular weight is 319 g/mol. The monoisotopic (exact) mass is 318 g/mol. The zero-order valence-corrected chi connectivity index (χ0v) is 13.8. The number of carbonyl (C=O) groups excluding carboxylic acids is 2. The molecule has 0 radical (unpaired) electrons. The molecule has 0 aromatic carbocycles. The lowest BCUT2D eigenvalue weighted by atomic mass is 10.2. The topological polar surface area (TPSA) is 55.9 Å². The number of carbonyl (C=O) groups is 2. The van der Waals surface area contributed by atoms with Crippen LogP contribution in [0.15, 0.2) is 0 Å². The number of hydrogen-bond acceptors (Lipinski definition) is 4. The largest absolute Gasteiger partial charge is 0.341 e. The van der Waals surface area contributed by atoms with Crippen molar-refractivity contribution < 1.29 is 9.59 Å². The number of likely N-dealkylation sites (N-methyl/N-ethyl adjacent to an activating group) is 1. The number of halogens is 1. The minimum absolute atomic E-state index is 0. The Morgan fingerprint density at radius 3 is 2.10 bits per heavy atom. The van der Waals surface area contributed by atoms with Crippen LogP contribution in [0.1, 0.15) is 19.8 Å². The Balaban J connectivity index is 0.00000220. The van der Waals surface area contributed by atoms with Crippen LogP contribution < -0.4 is 5.32 Å². The van der Waals surface area contributed by atoms with Gasteiger partial charge in [0, 0.05) is 39.3 Å². The lowest BCUT2D eigenvalue weighted by molar-refractivity contribution is -0.137. The van der Waals surface area contributed by atoms with Gasteiger partial charge in [0.15, 0.2) is 0 Å². The summed E-state index contributed by atoms with van der Waals surface area (Å²) in [6.45, 7) is 7.21. The van der Waals surface area contributed by atoms with E-state index < -0.39 is 0 Å². The summed E-state index contributed by atoms with van der Waals surface area (Å²) in [5.41, 5.74) is 0. The van der Waals surface area contributed by atoms with Crippen LogP contribution >= 0.6 is 12.4 Å². The molecular formula is C14H27ClN4O2. The van der Waals surface area contributed by atoms with Gasteiger partial charge in [-0.25, -0.2) is 0 Å². The van der Waals surface area contributed by atoms with Gasteiger partial charge in [0.2, 0.25) is 11.8 Å². The first-order valence-corrected chi connectivity index (χ1v) is 7.58. The standard InChI is InChI=1S/C14H26N4O2.ClH/c1-12(14(20)18-5-3-4-6-18)16-7-9-17(10-8-16)13(19)11-15-2;/h12,15H,3-11H2,1-2H3;1H. The van der Waals surface area contributed by atoms with E-state index >= 15 is 0 Å². The molecule has 0 bridgehead atoms. The SMILES string of the molecule is CNCC(=O)N1CCN(C(C)C(=O)N2CCCC2)CC1.Cl. The molecule has 2 fully saturated rings. The Morgan fingerprint density at radius 1 is 1.00 bits per heavy atom. The van der Waals surface area contributed by atoms with Crippen LogP contribution in [0.25, 0.3) is 0 Å². The number of likely N-dealkylation sites (tertiary alicyclic amines) is 1. The number of nitrogens with one attached hydrogen (secondary N) is 1. The van der Waals surface area contributed by atoms with E-state index in [4.69, 9.17) is 0 Å². The van der Waals surface area contributed by atoms with E-state index in [-0.39, 0.29) is 30.3 Å². The number of hydrogen-bond donors (Lipinski definition) is 1. The molecule has 1 unspecified atom stereocenters. The van der Waals surface area contributed by atoms with Crippen LogP contribution in [-0.4, -0.2) is 85.4 Å². The Hall–Kier alpha value is -0.850. The quantitative estimate of drug-likeness (QED) is 0.779. The summed E-state index contributed by atoms with van der Waals surface area (Å²) in [5.74, 6) is 0.392. The Bertz CT molecular complexity index is 353. The fraction of sp³-hybridized carbons (Fsp3) is 0.857. The molecule has 0 aliphatic carbocycles.